The maximum atomic E-state index is 5.56. The van der Waals surface area contributed by atoms with Gasteiger partial charge in [0.25, 0.3) is 0 Å². The van der Waals surface area contributed by atoms with Crippen molar-refractivity contribution in [1.29, 1.82) is 0 Å². The molecule has 5 heteroatoms. The fourth-order valence-electron chi connectivity index (χ4n) is 1.90. The van der Waals surface area contributed by atoms with Crippen molar-refractivity contribution in [3.05, 3.63) is 27.4 Å². The van der Waals surface area contributed by atoms with E-state index in [0.717, 1.165) is 33.4 Å². The summed E-state index contributed by atoms with van der Waals surface area (Å²) >= 11 is 8.82. The summed E-state index contributed by atoms with van der Waals surface area (Å²) in [6.07, 6.45) is 0.157. The van der Waals surface area contributed by atoms with Crippen molar-refractivity contribution in [2.45, 2.75) is 26.5 Å². The topological polar surface area (TPSA) is 29.9 Å². The molecule has 1 aromatic carbocycles. The van der Waals surface area contributed by atoms with Crippen molar-refractivity contribution in [1.82, 2.24) is 9.55 Å². The SMILES string of the molecule is CCOC(C)Cn1c(=S)[nH]c2ccc(Br)cc21. The Morgan fingerprint density at radius 2 is 2.29 bits per heavy atom. The molecule has 0 radical (unpaired) electrons. The van der Waals surface area contributed by atoms with Crippen molar-refractivity contribution in [2.75, 3.05) is 6.61 Å². The molecule has 92 valence electrons. The molecule has 0 saturated carbocycles. The molecule has 1 atom stereocenters. The number of nitrogens with one attached hydrogen (secondary N) is 1. The van der Waals surface area contributed by atoms with E-state index in [1.165, 1.54) is 0 Å². The molecular weight excluding hydrogens is 300 g/mol. The van der Waals surface area contributed by atoms with E-state index in [9.17, 15) is 0 Å². The Hall–Kier alpha value is -0.650. The van der Waals surface area contributed by atoms with Gasteiger partial charge in [-0.3, -0.25) is 0 Å². The summed E-state index contributed by atoms with van der Waals surface area (Å²) in [5.41, 5.74) is 2.16. The van der Waals surface area contributed by atoms with Crippen LogP contribution in [0.1, 0.15) is 13.8 Å². The Labute approximate surface area is 114 Å². The smallest absolute Gasteiger partial charge is 0.178 e. The lowest BCUT2D eigenvalue weighted by atomic mass is 10.3. The average Bonchev–Trinajstić information content (AvgIpc) is 2.56. The van der Waals surface area contributed by atoms with E-state index < -0.39 is 0 Å². The second-order valence-corrected chi connectivity index (χ2v) is 5.27. The van der Waals surface area contributed by atoms with Crippen molar-refractivity contribution >= 4 is 39.2 Å². The van der Waals surface area contributed by atoms with E-state index in [-0.39, 0.29) is 6.10 Å². The number of fused-ring (bicyclic) bond motifs is 1. The average molecular weight is 315 g/mol. The van der Waals surface area contributed by atoms with Gasteiger partial charge in [0, 0.05) is 11.1 Å². The van der Waals surface area contributed by atoms with Gasteiger partial charge in [-0.15, -0.1) is 0 Å². The molecule has 0 bridgehead atoms. The first-order valence-corrected chi connectivity index (χ1v) is 6.81. The fraction of sp³-hybridized carbons (Fsp3) is 0.417. The van der Waals surface area contributed by atoms with Gasteiger partial charge in [0.15, 0.2) is 4.77 Å². The lowest BCUT2D eigenvalue weighted by molar-refractivity contribution is 0.0645. The van der Waals surface area contributed by atoms with Gasteiger partial charge in [0.05, 0.1) is 23.7 Å². The summed E-state index contributed by atoms with van der Waals surface area (Å²) in [6, 6.07) is 6.10. The molecule has 0 aliphatic rings. The lowest BCUT2D eigenvalue weighted by Gasteiger charge is -2.13. The van der Waals surface area contributed by atoms with Gasteiger partial charge in [-0.25, -0.2) is 0 Å². The van der Waals surface area contributed by atoms with Crippen LogP contribution >= 0.6 is 28.1 Å². The number of aromatic nitrogens is 2. The van der Waals surface area contributed by atoms with Crippen LogP contribution in [0.25, 0.3) is 11.0 Å². The minimum atomic E-state index is 0.157. The van der Waals surface area contributed by atoms with E-state index in [1.54, 1.807) is 0 Å². The largest absolute Gasteiger partial charge is 0.377 e. The van der Waals surface area contributed by atoms with E-state index >= 15 is 0 Å². The molecule has 17 heavy (non-hydrogen) atoms. The standard InChI is InChI=1S/C12H15BrN2OS/c1-3-16-8(2)7-15-11-6-9(13)4-5-10(11)14-12(15)17/h4-6,8H,3,7H2,1-2H3,(H,14,17). The van der Waals surface area contributed by atoms with Gasteiger partial charge < -0.3 is 14.3 Å². The highest BCUT2D eigenvalue weighted by atomic mass is 79.9. The van der Waals surface area contributed by atoms with E-state index in [0.29, 0.717) is 0 Å². The van der Waals surface area contributed by atoms with Crippen molar-refractivity contribution < 1.29 is 4.74 Å². The molecule has 0 spiro atoms. The fourth-order valence-corrected chi connectivity index (χ4v) is 2.53. The van der Waals surface area contributed by atoms with Crippen molar-refractivity contribution in [3.8, 4) is 0 Å². The Balaban J connectivity index is 2.42. The van der Waals surface area contributed by atoms with Gasteiger partial charge in [0.1, 0.15) is 0 Å². The molecule has 2 aromatic rings. The van der Waals surface area contributed by atoms with Crippen LogP contribution in [-0.4, -0.2) is 22.3 Å². The number of halogens is 1. The van der Waals surface area contributed by atoms with Crippen LogP contribution in [0, 0.1) is 4.77 Å². The van der Waals surface area contributed by atoms with Crippen LogP contribution in [-0.2, 0) is 11.3 Å². The van der Waals surface area contributed by atoms with Crippen LogP contribution in [0.4, 0.5) is 0 Å². The molecule has 1 heterocycles. The zero-order valence-electron chi connectivity index (χ0n) is 9.87. The number of hydrogen-bond acceptors (Lipinski definition) is 2. The zero-order chi connectivity index (χ0) is 12.4. The molecule has 0 aliphatic heterocycles. The van der Waals surface area contributed by atoms with Crippen LogP contribution in [0.2, 0.25) is 0 Å². The third-order valence-electron chi connectivity index (χ3n) is 2.63. The van der Waals surface area contributed by atoms with Gasteiger partial charge >= 0.3 is 0 Å². The third kappa shape index (κ3) is 2.78. The quantitative estimate of drug-likeness (QED) is 0.868. The molecule has 0 fully saturated rings. The molecule has 0 amide bonds. The maximum Gasteiger partial charge on any atom is 0.178 e. The summed E-state index contributed by atoms with van der Waals surface area (Å²) in [4.78, 5) is 3.20. The predicted molar refractivity (Wildman–Crippen MR) is 75.9 cm³/mol. The third-order valence-corrected chi connectivity index (χ3v) is 3.44. The molecule has 1 unspecified atom stereocenters. The number of hydrogen-bond donors (Lipinski definition) is 1. The highest BCUT2D eigenvalue weighted by Crippen LogP contribution is 2.20. The van der Waals surface area contributed by atoms with Crippen LogP contribution in [0.5, 0.6) is 0 Å². The van der Waals surface area contributed by atoms with Gasteiger partial charge in [-0.05, 0) is 44.3 Å². The highest BCUT2D eigenvalue weighted by Gasteiger charge is 2.08. The van der Waals surface area contributed by atoms with Crippen LogP contribution in [0.15, 0.2) is 22.7 Å². The minimum absolute atomic E-state index is 0.157. The second kappa shape index (κ2) is 5.33. The van der Waals surface area contributed by atoms with Crippen molar-refractivity contribution in [3.63, 3.8) is 0 Å². The summed E-state index contributed by atoms with van der Waals surface area (Å²) in [6.45, 7) is 5.55. The molecule has 3 nitrogen and oxygen atoms in total. The number of rotatable bonds is 4. The van der Waals surface area contributed by atoms with Gasteiger partial charge in [-0.1, -0.05) is 15.9 Å². The first kappa shape index (κ1) is 12.8. The summed E-state index contributed by atoms with van der Waals surface area (Å²) in [5.74, 6) is 0. The number of aromatic amines is 1. The second-order valence-electron chi connectivity index (χ2n) is 3.97. The molecular formula is C12H15BrN2OS. The number of imidazole rings is 1. The first-order chi connectivity index (χ1) is 8.11. The Morgan fingerprint density at radius 3 is 3.00 bits per heavy atom. The van der Waals surface area contributed by atoms with E-state index in [4.69, 9.17) is 17.0 Å². The first-order valence-electron chi connectivity index (χ1n) is 5.61. The molecule has 2 rings (SSSR count). The summed E-state index contributed by atoms with van der Waals surface area (Å²) in [7, 11) is 0. The number of ether oxygens (including phenoxy) is 1. The normalized spacial score (nSPS) is 13.1. The predicted octanol–water partition coefficient (Wildman–Crippen LogP) is 3.89. The van der Waals surface area contributed by atoms with Crippen LogP contribution in [0.3, 0.4) is 0 Å². The van der Waals surface area contributed by atoms with E-state index in [2.05, 4.69) is 38.5 Å². The van der Waals surface area contributed by atoms with Crippen LogP contribution < -0.4 is 0 Å². The molecule has 0 aliphatic carbocycles. The zero-order valence-corrected chi connectivity index (χ0v) is 12.3. The maximum absolute atomic E-state index is 5.56. The molecule has 1 N–H and O–H groups in total. The monoisotopic (exact) mass is 314 g/mol. The number of H-pyrrole nitrogens is 1. The Bertz CT molecular complexity index is 575. The number of benzene rings is 1. The van der Waals surface area contributed by atoms with Crippen molar-refractivity contribution in [2.24, 2.45) is 0 Å². The van der Waals surface area contributed by atoms with Gasteiger partial charge in [-0.2, -0.15) is 0 Å². The number of nitrogens with zero attached hydrogens (tertiary/aromatic N) is 1. The van der Waals surface area contributed by atoms with E-state index in [1.807, 2.05) is 19.1 Å². The molecule has 0 saturated heterocycles. The lowest BCUT2D eigenvalue weighted by Crippen LogP contribution is -2.16. The Kier molecular flexibility index (Phi) is 4.01. The van der Waals surface area contributed by atoms with Gasteiger partial charge in [0.2, 0.25) is 0 Å². The minimum Gasteiger partial charge on any atom is -0.377 e. The highest BCUT2D eigenvalue weighted by molar-refractivity contribution is 9.10. The molecule has 1 aromatic heterocycles. The summed E-state index contributed by atoms with van der Waals surface area (Å²) < 4.78 is 9.43. The summed E-state index contributed by atoms with van der Waals surface area (Å²) in [5, 5.41) is 0. The Morgan fingerprint density at radius 1 is 1.53 bits per heavy atom.